The topological polar surface area (TPSA) is 71.1 Å². The van der Waals surface area contributed by atoms with Crippen molar-refractivity contribution in [3.05, 3.63) is 54.2 Å². The molecule has 132 valence electrons. The van der Waals surface area contributed by atoms with Crippen molar-refractivity contribution in [2.24, 2.45) is 0 Å². The maximum Gasteiger partial charge on any atom is 0.251 e. The molecule has 0 fully saturated rings. The highest BCUT2D eigenvalue weighted by Crippen LogP contribution is 2.25. The van der Waals surface area contributed by atoms with Crippen LogP contribution in [0.1, 0.15) is 38.1 Å². The fourth-order valence-electron chi connectivity index (χ4n) is 2.03. The van der Waals surface area contributed by atoms with E-state index in [1.165, 1.54) is 11.8 Å². The van der Waals surface area contributed by atoms with E-state index in [-0.39, 0.29) is 17.4 Å². The van der Waals surface area contributed by atoms with Gasteiger partial charge in [0.25, 0.3) is 5.91 Å². The van der Waals surface area contributed by atoms with Crippen LogP contribution in [-0.2, 0) is 4.79 Å². The van der Waals surface area contributed by atoms with Crippen LogP contribution in [0.15, 0.2) is 58.6 Å². The second-order valence-corrected chi connectivity index (χ2v) is 7.82. The number of carbonyl (C=O) groups excluding carboxylic acids is 2. The van der Waals surface area contributed by atoms with Crippen molar-refractivity contribution in [1.29, 1.82) is 0 Å². The number of benzene rings is 1. The van der Waals surface area contributed by atoms with E-state index in [2.05, 4.69) is 15.6 Å². The van der Waals surface area contributed by atoms with Crippen LogP contribution in [0, 0.1) is 0 Å². The van der Waals surface area contributed by atoms with Gasteiger partial charge in [-0.05, 0) is 64.1 Å². The lowest BCUT2D eigenvalue weighted by atomic mass is 10.1. The Balaban J connectivity index is 1.95. The summed E-state index contributed by atoms with van der Waals surface area (Å²) in [5.74, 6) is -0.478. The summed E-state index contributed by atoms with van der Waals surface area (Å²) < 4.78 is 0. The van der Waals surface area contributed by atoms with E-state index >= 15 is 0 Å². The van der Waals surface area contributed by atoms with Crippen molar-refractivity contribution in [2.45, 2.75) is 49.2 Å². The third-order valence-electron chi connectivity index (χ3n) is 3.22. The molecule has 0 bridgehead atoms. The molecule has 5 nitrogen and oxygen atoms in total. The molecule has 1 aromatic heterocycles. The summed E-state index contributed by atoms with van der Waals surface area (Å²) >= 11 is 1.53. The zero-order valence-corrected chi connectivity index (χ0v) is 15.7. The fourth-order valence-corrected chi connectivity index (χ4v) is 2.80. The van der Waals surface area contributed by atoms with Gasteiger partial charge in [0, 0.05) is 22.2 Å². The first-order chi connectivity index (χ1) is 11.7. The summed E-state index contributed by atoms with van der Waals surface area (Å²) in [6.45, 7) is 7.37. The zero-order chi connectivity index (χ0) is 18.4. The molecule has 1 unspecified atom stereocenters. The van der Waals surface area contributed by atoms with Gasteiger partial charge >= 0.3 is 0 Å². The Morgan fingerprint density at radius 3 is 2.32 bits per heavy atom. The average Bonchev–Trinajstić information content (AvgIpc) is 2.54. The van der Waals surface area contributed by atoms with Crippen LogP contribution in [0.3, 0.4) is 0 Å². The first kappa shape index (κ1) is 19.0. The van der Waals surface area contributed by atoms with Crippen molar-refractivity contribution in [1.82, 2.24) is 15.6 Å². The highest BCUT2D eigenvalue weighted by molar-refractivity contribution is 7.99. The summed E-state index contributed by atoms with van der Waals surface area (Å²) in [5, 5.41) is 6.46. The molecule has 0 radical (unpaired) electrons. The molecule has 1 aromatic carbocycles. The number of nitrogens with one attached hydrogen (secondary N) is 2. The van der Waals surface area contributed by atoms with Gasteiger partial charge in [-0.1, -0.05) is 17.8 Å². The third kappa shape index (κ3) is 6.23. The lowest BCUT2D eigenvalue weighted by Crippen LogP contribution is -2.50. The number of pyridine rings is 1. The lowest BCUT2D eigenvalue weighted by Gasteiger charge is -2.23. The molecule has 2 aromatic rings. The van der Waals surface area contributed by atoms with E-state index < -0.39 is 6.04 Å². The molecule has 25 heavy (non-hydrogen) atoms. The second kappa shape index (κ2) is 8.16. The largest absolute Gasteiger partial charge is 0.350 e. The second-order valence-electron chi connectivity index (χ2n) is 6.73. The summed E-state index contributed by atoms with van der Waals surface area (Å²) in [6.07, 6.45) is 1.74. The fraction of sp³-hybridized carbons (Fsp3) is 0.316. The van der Waals surface area contributed by atoms with Gasteiger partial charge in [0.15, 0.2) is 0 Å². The smallest absolute Gasteiger partial charge is 0.251 e. The molecule has 0 aliphatic carbocycles. The molecule has 0 saturated heterocycles. The van der Waals surface area contributed by atoms with Gasteiger partial charge < -0.3 is 10.6 Å². The SMILES string of the molecule is CC(NC(=O)c1ccc(Sc2ccccn2)cc1)C(=O)NC(C)(C)C. The van der Waals surface area contributed by atoms with Crippen LogP contribution in [-0.4, -0.2) is 28.4 Å². The maximum absolute atomic E-state index is 12.3. The van der Waals surface area contributed by atoms with Crippen molar-refractivity contribution >= 4 is 23.6 Å². The Hall–Kier alpha value is -2.34. The Morgan fingerprint density at radius 1 is 1.08 bits per heavy atom. The van der Waals surface area contributed by atoms with E-state index in [0.717, 1.165) is 9.92 Å². The minimum Gasteiger partial charge on any atom is -0.350 e. The van der Waals surface area contributed by atoms with E-state index in [4.69, 9.17) is 0 Å². The monoisotopic (exact) mass is 357 g/mol. The van der Waals surface area contributed by atoms with Gasteiger partial charge in [-0.25, -0.2) is 4.98 Å². The third-order valence-corrected chi connectivity index (χ3v) is 4.17. The quantitative estimate of drug-likeness (QED) is 0.862. The first-order valence-corrected chi connectivity index (χ1v) is 8.88. The normalized spacial score (nSPS) is 12.3. The van der Waals surface area contributed by atoms with Crippen LogP contribution in [0.4, 0.5) is 0 Å². The van der Waals surface area contributed by atoms with E-state index in [0.29, 0.717) is 5.56 Å². The first-order valence-electron chi connectivity index (χ1n) is 8.06. The van der Waals surface area contributed by atoms with E-state index in [1.54, 1.807) is 25.3 Å². The summed E-state index contributed by atoms with van der Waals surface area (Å²) in [6, 6.07) is 12.4. The summed E-state index contributed by atoms with van der Waals surface area (Å²) in [7, 11) is 0. The predicted octanol–water partition coefficient (Wildman–Crippen LogP) is 3.27. The Morgan fingerprint density at radius 2 is 1.76 bits per heavy atom. The molecule has 1 heterocycles. The number of hydrogen-bond donors (Lipinski definition) is 2. The minimum atomic E-state index is -0.603. The molecule has 0 spiro atoms. The van der Waals surface area contributed by atoms with Crippen LogP contribution >= 0.6 is 11.8 Å². The number of aromatic nitrogens is 1. The van der Waals surface area contributed by atoms with Crippen LogP contribution < -0.4 is 10.6 Å². The molecule has 2 rings (SSSR count). The van der Waals surface area contributed by atoms with Crippen molar-refractivity contribution in [2.75, 3.05) is 0 Å². The van der Waals surface area contributed by atoms with Gasteiger partial charge in [0.1, 0.15) is 11.1 Å². The lowest BCUT2D eigenvalue weighted by molar-refractivity contribution is -0.124. The number of amides is 2. The minimum absolute atomic E-state index is 0.205. The molecule has 0 saturated carbocycles. The van der Waals surface area contributed by atoms with Crippen molar-refractivity contribution in [3.8, 4) is 0 Å². The van der Waals surface area contributed by atoms with Gasteiger partial charge in [-0.2, -0.15) is 0 Å². The van der Waals surface area contributed by atoms with Crippen LogP contribution in [0.2, 0.25) is 0 Å². The Kier molecular flexibility index (Phi) is 6.20. The number of nitrogens with zero attached hydrogens (tertiary/aromatic N) is 1. The number of carbonyl (C=O) groups is 2. The Labute approximate surface area is 152 Å². The van der Waals surface area contributed by atoms with E-state index in [1.807, 2.05) is 51.1 Å². The molecule has 1 atom stereocenters. The van der Waals surface area contributed by atoms with Crippen LogP contribution in [0.5, 0.6) is 0 Å². The molecular weight excluding hydrogens is 334 g/mol. The molecule has 0 aliphatic heterocycles. The van der Waals surface area contributed by atoms with Crippen molar-refractivity contribution < 1.29 is 9.59 Å². The predicted molar refractivity (Wildman–Crippen MR) is 99.6 cm³/mol. The standard InChI is InChI=1S/C19H23N3O2S/c1-13(17(23)22-19(2,3)4)21-18(24)14-8-10-15(11-9-14)25-16-7-5-6-12-20-16/h5-13H,1-4H3,(H,21,24)(H,22,23). The molecule has 6 heteroatoms. The van der Waals surface area contributed by atoms with Gasteiger partial charge in [0.2, 0.25) is 5.91 Å². The van der Waals surface area contributed by atoms with Gasteiger partial charge in [0.05, 0.1) is 0 Å². The number of hydrogen-bond acceptors (Lipinski definition) is 4. The zero-order valence-electron chi connectivity index (χ0n) is 14.9. The molecule has 2 amide bonds. The highest BCUT2D eigenvalue weighted by atomic mass is 32.2. The Bertz CT molecular complexity index is 725. The molecular formula is C19H23N3O2S. The summed E-state index contributed by atoms with van der Waals surface area (Å²) in [4.78, 5) is 29.6. The number of rotatable bonds is 5. The molecule has 0 aliphatic rings. The highest BCUT2D eigenvalue weighted by Gasteiger charge is 2.21. The van der Waals surface area contributed by atoms with E-state index in [9.17, 15) is 9.59 Å². The molecule has 2 N–H and O–H groups in total. The summed E-state index contributed by atoms with van der Waals surface area (Å²) in [5.41, 5.74) is 0.182. The van der Waals surface area contributed by atoms with Crippen molar-refractivity contribution in [3.63, 3.8) is 0 Å². The average molecular weight is 357 g/mol. The van der Waals surface area contributed by atoms with Gasteiger partial charge in [-0.15, -0.1) is 0 Å². The van der Waals surface area contributed by atoms with Crippen LogP contribution in [0.25, 0.3) is 0 Å². The van der Waals surface area contributed by atoms with Gasteiger partial charge in [-0.3, -0.25) is 9.59 Å². The maximum atomic E-state index is 12.3.